The molecule has 1 atom stereocenters. The molecule has 3 heterocycles. The molecular weight excluding hydrogens is 380 g/mol. The minimum absolute atomic E-state index is 0.648. The lowest BCUT2D eigenvalue weighted by molar-refractivity contribution is 0.358. The van der Waals surface area contributed by atoms with Crippen molar-refractivity contribution < 1.29 is 4.74 Å². The average molecular weight is 409 g/mol. The Kier molecular flexibility index (Phi) is 5.14. The van der Waals surface area contributed by atoms with E-state index < -0.39 is 0 Å². The van der Waals surface area contributed by atoms with Gasteiger partial charge in [-0.15, -0.1) is 5.10 Å². The van der Waals surface area contributed by atoms with E-state index in [0.717, 1.165) is 29.4 Å². The average Bonchev–Trinajstić information content (AvgIpc) is 3.44. The lowest BCUT2D eigenvalue weighted by Gasteiger charge is -2.23. The van der Waals surface area contributed by atoms with Crippen molar-refractivity contribution in [1.82, 2.24) is 19.9 Å². The lowest BCUT2D eigenvalue weighted by Crippen LogP contribution is -2.29. The van der Waals surface area contributed by atoms with Gasteiger partial charge in [0.25, 0.3) is 5.19 Å². The van der Waals surface area contributed by atoms with Crippen molar-refractivity contribution in [2.45, 2.75) is 45.4 Å². The van der Waals surface area contributed by atoms with Gasteiger partial charge in [0.15, 0.2) is 0 Å². The number of hydrogen-bond acceptors (Lipinski definition) is 5. The molecule has 6 heteroatoms. The minimum Gasteiger partial charge on any atom is -0.472 e. The molecule has 0 saturated carbocycles. The van der Waals surface area contributed by atoms with Crippen LogP contribution in [0.1, 0.15) is 54.1 Å². The Morgan fingerprint density at radius 3 is 3.03 bits per heavy atom. The molecule has 2 aromatic heterocycles. The molecule has 1 N–H and O–H groups in total. The van der Waals surface area contributed by atoms with Crippen LogP contribution < -0.4 is 10.1 Å². The topological polar surface area (TPSA) is 51.5 Å². The van der Waals surface area contributed by atoms with E-state index in [2.05, 4.69) is 35.5 Å². The summed E-state index contributed by atoms with van der Waals surface area (Å²) in [5.74, 6) is 0.815. The highest BCUT2D eigenvalue weighted by atomic mass is 32.1. The lowest BCUT2D eigenvalue weighted by atomic mass is 9.89. The van der Waals surface area contributed by atoms with Crippen LogP contribution in [0.3, 0.4) is 0 Å². The first kappa shape index (κ1) is 18.8. The van der Waals surface area contributed by atoms with E-state index in [9.17, 15) is 0 Å². The summed E-state index contributed by atoms with van der Waals surface area (Å²) < 4.78 is 7.05. The number of aromatic nitrogens is 3. The molecule has 1 aromatic carbocycles. The number of aryl methyl sites for hydroxylation is 2. The van der Waals surface area contributed by atoms with Gasteiger partial charge in [0, 0.05) is 6.42 Å². The van der Waals surface area contributed by atoms with E-state index in [1.165, 1.54) is 77.9 Å². The number of allylic oxidation sites excluding steroid dienone is 1. The monoisotopic (exact) mass is 408 g/mol. The number of piperidine rings is 1. The summed E-state index contributed by atoms with van der Waals surface area (Å²) >= 11 is 1.48. The van der Waals surface area contributed by atoms with Gasteiger partial charge < -0.3 is 10.1 Å². The van der Waals surface area contributed by atoms with Crippen molar-refractivity contribution in [1.29, 1.82) is 0 Å². The summed E-state index contributed by atoms with van der Waals surface area (Å²) in [7, 11) is 1.64. The van der Waals surface area contributed by atoms with Gasteiger partial charge in [-0.3, -0.25) is 0 Å². The third-order valence-electron chi connectivity index (χ3n) is 6.27. The van der Waals surface area contributed by atoms with Crippen LogP contribution in [0.5, 0.6) is 5.19 Å². The van der Waals surface area contributed by atoms with Crippen LogP contribution in [0.4, 0.5) is 0 Å². The molecule has 0 amide bonds. The summed E-state index contributed by atoms with van der Waals surface area (Å²) in [6, 6.07) is 4.83. The molecule has 1 fully saturated rings. The van der Waals surface area contributed by atoms with E-state index in [1.54, 1.807) is 7.11 Å². The zero-order valence-corrected chi connectivity index (χ0v) is 18.0. The number of rotatable bonds is 6. The number of nitrogens with one attached hydrogen (secondary N) is 1. The zero-order chi connectivity index (χ0) is 19.8. The Hall–Kier alpha value is -2.18. The highest BCUT2D eigenvalue weighted by molar-refractivity contribution is 7.18. The molecular formula is C23H28N4OS. The molecule has 152 valence electrons. The second-order valence-electron chi connectivity index (χ2n) is 8.20. The third kappa shape index (κ3) is 3.71. The predicted octanol–water partition coefficient (Wildman–Crippen LogP) is 4.39. The van der Waals surface area contributed by atoms with Crippen LogP contribution in [-0.4, -0.2) is 34.8 Å². The number of nitrogens with zero attached hydrogens (tertiary/aromatic N) is 3. The Bertz CT molecular complexity index is 1030. The summed E-state index contributed by atoms with van der Waals surface area (Å²) in [4.78, 5) is 5.68. The normalized spacial score (nSPS) is 18.8. The molecule has 1 unspecified atom stereocenters. The van der Waals surface area contributed by atoms with Gasteiger partial charge in [-0.25, -0.2) is 9.50 Å². The molecule has 2 aliphatic rings. The smallest absolute Gasteiger partial charge is 0.294 e. The number of ether oxygens (including phenoxy) is 1. The fourth-order valence-electron chi connectivity index (χ4n) is 4.64. The summed E-state index contributed by atoms with van der Waals surface area (Å²) in [5, 5.41) is 8.62. The molecule has 5 rings (SSSR count). The zero-order valence-electron chi connectivity index (χ0n) is 17.2. The van der Waals surface area contributed by atoms with Crippen molar-refractivity contribution in [2.75, 3.05) is 20.2 Å². The van der Waals surface area contributed by atoms with Gasteiger partial charge in [0.05, 0.1) is 19.0 Å². The SMILES string of the molecule is CCc1cc(CCC2CCCNC2)c2c(c1)CC(c1cn3nc(OC)sc3n1)=C2. The standard InChI is InChI=1S/C23H28N4OS/c1-3-15-9-17(7-6-16-5-4-8-24-13-16)20-12-19(11-18(20)10-15)21-14-27-22(25-21)29-23(26-27)28-2/h9-10,12,14,16,24H,3-8,11,13H2,1-2H3. The first-order valence-corrected chi connectivity index (χ1v) is 11.5. The van der Waals surface area contributed by atoms with Gasteiger partial charge in [0.2, 0.25) is 4.96 Å². The Labute approximate surface area is 175 Å². The van der Waals surface area contributed by atoms with Crippen LogP contribution in [0.25, 0.3) is 16.6 Å². The second-order valence-corrected chi connectivity index (χ2v) is 9.12. The molecule has 5 nitrogen and oxygen atoms in total. The van der Waals surface area contributed by atoms with Crippen LogP contribution in [-0.2, 0) is 19.3 Å². The highest BCUT2D eigenvalue weighted by Crippen LogP contribution is 2.36. The van der Waals surface area contributed by atoms with Crippen LogP contribution >= 0.6 is 11.3 Å². The van der Waals surface area contributed by atoms with E-state index >= 15 is 0 Å². The van der Waals surface area contributed by atoms with Crippen molar-refractivity contribution in [2.24, 2.45) is 5.92 Å². The van der Waals surface area contributed by atoms with E-state index in [0.29, 0.717) is 5.19 Å². The number of benzene rings is 1. The van der Waals surface area contributed by atoms with E-state index in [-0.39, 0.29) is 0 Å². The molecule has 0 spiro atoms. The number of methoxy groups -OCH3 is 1. The molecule has 0 radical (unpaired) electrons. The Morgan fingerprint density at radius 2 is 2.28 bits per heavy atom. The van der Waals surface area contributed by atoms with Gasteiger partial charge in [-0.1, -0.05) is 19.1 Å². The number of imidazole rings is 1. The Balaban J connectivity index is 1.41. The molecule has 1 saturated heterocycles. The second kappa shape index (κ2) is 7.92. The van der Waals surface area contributed by atoms with Gasteiger partial charge >= 0.3 is 0 Å². The van der Waals surface area contributed by atoms with E-state index in [4.69, 9.17) is 9.72 Å². The van der Waals surface area contributed by atoms with Crippen LogP contribution in [0.15, 0.2) is 18.3 Å². The minimum atomic E-state index is 0.648. The number of fused-ring (bicyclic) bond motifs is 2. The Morgan fingerprint density at radius 1 is 1.34 bits per heavy atom. The van der Waals surface area contributed by atoms with Crippen LogP contribution in [0.2, 0.25) is 0 Å². The third-order valence-corrected chi connectivity index (χ3v) is 7.15. The van der Waals surface area contributed by atoms with Crippen molar-refractivity contribution in [3.8, 4) is 5.19 Å². The maximum atomic E-state index is 5.22. The highest BCUT2D eigenvalue weighted by Gasteiger charge is 2.22. The van der Waals surface area contributed by atoms with Crippen molar-refractivity contribution in [3.63, 3.8) is 0 Å². The quantitative estimate of drug-likeness (QED) is 0.657. The van der Waals surface area contributed by atoms with Gasteiger partial charge in [0.1, 0.15) is 0 Å². The molecule has 0 bridgehead atoms. The fraction of sp³-hybridized carbons (Fsp3) is 0.478. The molecule has 1 aliphatic carbocycles. The first-order chi connectivity index (χ1) is 14.2. The summed E-state index contributed by atoms with van der Waals surface area (Å²) in [6.45, 7) is 4.62. The fourth-order valence-corrected chi connectivity index (χ4v) is 5.34. The van der Waals surface area contributed by atoms with Gasteiger partial charge in [-0.05, 0) is 96.4 Å². The molecule has 3 aromatic rings. The maximum absolute atomic E-state index is 5.22. The summed E-state index contributed by atoms with van der Waals surface area (Å²) in [6.07, 6.45) is 11.6. The number of hydrogen-bond donors (Lipinski definition) is 1. The van der Waals surface area contributed by atoms with Crippen molar-refractivity contribution >= 4 is 27.9 Å². The largest absolute Gasteiger partial charge is 0.472 e. The van der Waals surface area contributed by atoms with Gasteiger partial charge in [-0.2, -0.15) is 0 Å². The molecule has 29 heavy (non-hydrogen) atoms. The first-order valence-electron chi connectivity index (χ1n) is 10.7. The van der Waals surface area contributed by atoms with Crippen LogP contribution in [0, 0.1) is 5.92 Å². The maximum Gasteiger partial charge on any atom is 0.294 e. The van der Waals surface area contributed by atoms with E-state index in [1.807, 2.05) is 10.7 Å². The van der Waals surface area contributed by atoms with Crippen molar-refractivity contribution in [3.05, 3.63) is 46.3 Å². The predicted molar refractivity (Wildman–Crippen MR) is 119 cm³/mol. The molecule has 1 aliphatic heterocycles. The summed E-state index contributed by atoms with van der Waals surface area (Å²) in [5.41, 5.74) is 8.18.